The third kappa shape index (κ3) is 9.92. The van der Waals surface area contributed by atoms with Crippen LogP contribution in [0, 0.1) is 0 Å². The van der Waals surface area contributed by atoms with Crippen molar-refractivity contribution in [2.75, 3.05) is 10.6 Å². The van der Waals surface area contributed by atoms with Crippen molar-refractivity contribution in [3.8, 4) is 22.9 Å². The molecule has 0 fully saturated rings. The molecule has 0 aliphatic heterocycles. The zero-order valence-electron chi connectivity index (χ0n) is 26.2. The number of nitrogens with one attached hydrogen (secondary N) is 4. The fraction of sp³-hybridized carbons (Fsp3) is 0.176. The second-order valence-electron chi connectivity index (χ2n) is 10.9. The molecule has 250 valence electrons. The lowest BCUT2D eigenvalue weighted by molar-refractivity contribution is -0.125. The summed E-state index contributed by atoms with van der Waals surface area (Å²) in [6.45, 7) is 3.16. The van der Waals surface area contributed by atoms with E-state index in [1.54, 1.807) is 98.8 Å². The van der Waals surface area contributed by atoms with Gasteiger partial charge in [0.1, 0.15) is 22.4 Å². The summed E-state index contributed by atoms with van der Waals surface area (Å²) in [5, 5.41) is 19.6. The first-order chi connectivity index (χ1) is 23.5. The summed E-state index contributed by atoms with van der Waals surface area (Å²) in [5.41, 5.74) is 3.26. The van der Waals surface area contributed by atoms with Crippen LogP contribution >= 0.6 is 23.2 Å². The lowest BCUT2D eigenvalue weighted by Gasteiger charge is -2.14. The third-order valence-electron chi connectivity index (χ3n) is 6.99. The Labute approximate surface area is 290 Å². The summed E-state index contributed by atoms with van der Waals surface area (Å²) >= 11 is 11.7. The van der Waals surface area contributed by atoms with E-state index in [-0.39, 0.29) is 46.7 Å². The minimum Gasteiger partial charge on any atom is -0.416 e. The molecule has 0 bridgehead atoms. The summed E-state index contributed by atoms with van der Waals surface area (Å²) in [6.07, 6.45) is -0.0176. The number of nitrogens with zero attached hydrogens (tertiary/aromatic N) is 4. The Bertz CT molecular complexity index is 1830. The Morgan fingerprint density at radius 3 is 1.37 bits per heavy atom. The molecule has 13 nitrogen and oxygen atoms in total. The van der Waals surface area contributed by atoms with Crippen LogP contribution in [0.1, 0.15) is 25.2 Å². The summed E-state index contributed by atoms with van der Waals surface area (Å²) in [7, 11) is 0. The minimum atomic E-state index is -0.794. The predicted molar refractivity (Wildman–Crippen MR) is 184 cm³/mol. The lowest BCUT2D eigenvalue weighted by Crippen LogP contribution is -2.42. The molecule has 0 aliphatic rings. The quantitative estimate of drug-likeness (QED) is 0.132. The average Bonchev–Trinajstić information content (AvgIpc) is 3.56. The summed E-state index contributed by atoms with van der Waals surface area (Å²) in [4.78, 5) is 58.1. The number of halogens is 2. The SMILES string of the molecule is C[C@H](NC(=O)Cc1cccc(Cl)n1)C(=O)Nc1ccc(-c2nnc(-c3ccc(NC(=O)[C@H](C)NC(=O)Cc4cccc(Cl)n4)cc3)o2)cc1. The molecule has 4 N–H and O–H groups in total. The molecule has 5 aromatic rings. The number of hydrogen-bond acceptors (Lipinski definition) is 9. The van der Waals surface area contributed by atoms with E-state index >= 15 is 0 Å². The molecule has 4 amide bonds. The van der Waals surface area contributed by atoms with Gasteiger partial charge in [-0.15, -0.1) is 10.2 Å². The van der Waals surface area contributed by atoms with Crippen LogP contribution < -0.4 is 21.3 Å². The Balaban J connectivity index is 1.10. The number of aromatic nitrogens is 4. The van der Waals surface area contributed by atoms with Gasteiger partial charge in [-0.25, -0.2) is 9.97 Å². The molecule has 5 rings (SSSR count). The molecule has 0 aliphatic carbocycles. The molecule has 0 saturated carbocycles. The fourth-order valence-corrected chi connectivity index (χ4v) is 4.86. The summed E-state index contributed by atoms with van der Waals surface area (Å²) in [6, 6.07) is 22.0. The van der Waals surface area contributed by atoms with Gasteiger partial charge in [0.25, 0.3) is 0 Å². The van der Waals surface area contributed by atoms with Crippen molar-refractivity contribution >= 4 is 58.2 Å². The molecule has 0 unspecified atom stereocenters. The number of pyridine rings is 2. The van der Waals surface area contributed by atoms with Gasteiger partial charge in [0.05, 0.1) is 24.2 Å². The molecule has 3 heterocycles. The smallest absolute Gasteiger partial charge is 0.248 e. The van der Waals surface area contributed by atoms with Crippen molar-refractivity contribution in [1.29, 1.82) is 0 Å². The predicted octanol–water partition coefficient (Wildman–Crippen LogP) is 4.87. The molecule has 0 saturated heterocycles. The number of carbonyl (C=O) groups excluding carboxylic acids is 4. The molecule has 2 aromatic carbocycles. The van der Waals surface area contributed by atoms with Crippen LogP contribution in [-0.2, 0) is 32.0 Å². The first-order valence-corrected chi connectivity index (χ1v) is 15.8. The normalized spacial score (nSPS) is 12.0. The van der Waals surface area contributed by atoms with Crippen molar-refractivity contribution in [2.24, 2.45) is 0 Å². The zero-order valence-corrected chi connectivity index (χ0v) is 27.7. The highest BCUT2D eigenvalue weighted by Gasteiger charge is 2.19. The van der Waals surface area contributed by atoms with Crippen LogP contribution in [0.2, 0.25) is 10.3 Å². The van der Waals surface area contributed by atoms with E-state index in [0.29, 0.717) is 33.9 Å². The molecule has 3 aromatic heterocycles. The first-order valence-electron chi connectivity index (χ1n) is 15.0. The maximum absolute atomic E-state index is 12.7. The number of hydrogen-bond donors (Lipinski definition) is 4. The zero-order chi connectivity index (χ0) is 34.9. The van der Waals surface area contributed by atoms with Crippen LogP contribution in [0.4, 0.5) is 11.4 Å². The van der Waals surface area contributed by atoms with E-state index in [1.165, 1.54) is 0 Å². The summed E-state index contributed by atoms with van der Waals surface area (Å²) < 4.78 is 5.86. The molecule has 2 atom stereocenters. The van der Waals surface area contributed by atoms with Gasteiger partial charge >= 0.3 is 0 Å². The molecular weight excluding hydrogens is 671 g/mol. The van der Waals surface area contributed by atoms with Gasteiger partial charge in [0.2, 0.25) is 35.4 Å². The van der Waals surface area contributed by atoms with Crippen LogP contribution in [0.25, 0.3) is 22.9 Å². The van der Waals surface area contributed by atoms with E-state index in [4.69, 9.17) is 27.6 Å². The average molecular weight is 702 g/mol. The Morgan fingerprint density at radius 1 is 0.612 bits per heavy atom. The van der Waals surface area contributed by atoms with Crippen LogP contribution in [0.3, 0.4) is 0 Å². The molecule has 49 heavy (non-hydrogen) atoms. The maximum atomic E-state index is 12.7. The van der Waals surface area contributed by atoms with Crippen LogP contribution in [0.15, 0.2) is 89.3 Å². The van der Waals surface area contributed by atoms with Crippen molar-refractivity contribution in [3.05, 3.63) is 107 Å². The van der Waals surface area contributed by atoms with Gasteiger partial charge in [-0.05, 0) is 86.6 Å². The van der Waals surface area contributed by atoms with E-state index in [1.807, 2.05) is 0 Å². The van der Waals surface area contributed by atoms with Crippen LogP contribution in [-0.4, -0.2) is 55.9 Å². The van der Waals surface area contributed by atoms with Gasteiger partial charge in [-0.1, -0.05) is 35.3 Å². The number of rotatable bonds is 12. The van der Waals surface area contributed by atoms with E-state index in [0.717, 1.165) is 0 Å². The van der Waals surface area contributed by atoms with Crippen molar-refractivity contribution < 1.29 is 23.6 Å². The number of benzene rings is 2. The van der Waals surface area contributed by atoms with Gasteiger partial charge in [-0.3, -0.25) is 19.2 Å². The fourth-order valence-electron chi connectivity index (χ4n) is 4.49. The van der Waals surface area contributed by atoms with E-state index in [2.05, 4.69) is 41.4 Å². The Hall–Kier alpha value is -5.66. The van der Waals surface area contributed by atoms with Crippen molar-refractivity contribution in [3.63, 3.8) is 0 Å². The monoisotopic (exact) mass is 700 g/mol. The van der Waals surface area contributed by atoms with Gasteiger partial charge in [0, 0.05) is 22.5 Å². The standard InChI is InChI=1S/C34H30Cl2N8O5/c1-19(37-29(45)17-25-5-3-7-27(35)39-25)31(47)41-23-13-9-21(10-14-23)33-43-44-34(49-33)22-11-15-24(16-12-22)42-32(48)20(2)38-30(46)18-26-6-4-8-28(36)40-26/h3-16,19-20H,17-18H2,1-2H3,(H,37,45)(H,38,46)(H,41,47)(H,42,48)/t19-,20-/m0/s1. The maximum Gasteiger partial charge on any atom is 0.248 e. The van der Waals surface area contributed by atoms with Crippen molar-refractivity contribution in [2.45, 2.75) is 38.8 Å². The Kier molecular flexibility index (Phi) is 11.3. The Morgan fingerprint density at radius 2 is 1.00 bits per heavy atom. The first kappa shape index (κ1) is 34.7. The van der Waals surface area contributed by atoms with Gasteiger partial charge < -0.3 is 25.7 Å². The number of anilines is 2. The minimum absolute atomic E-state index is 0.00882. The number of amides is 4. The second kappa shape index (κ2) is 16.0. The molecular formula is C34H30Cl2N8O5. The molecule has 15 heteroatoms. The highest BCUT2D eigenvalue weighted by molar-refractivity contribution is 6.29. The molecule has 0 radical (unpaired) electrons. The van der Waals surface area contributed by atoms with Gasteiger partial charge in [-0.2, -0.15) is 0 Å². The lowest BCUT2D eigenvalue weighted by atomic mass is 10.2. The largest absolute Gasteiger partial charge is 0.416 e. The number of carbonyl (C=O) groups is 4. The van der Waals surface area contributed by atoms with E-state index in [9.17, 15) is 19.2 Å². The second-order valence-corrected chi connectivity index (χ2v) is 11.7. The third-order valence-corrected chi connectivity index (χ3v) is 7.42. The topological polar surface area (TPSA) is 181 Å². The highest BCUT2D eigenvalue weighted by atomic mass is 35.5. The highest BCUT2D eigenvalue weighted by Crippen LogP contribution is 2.26. The summed E-state index contributed by atoms with van der Waals surface area (Å²) in [5.74, 6) is -0.996. The van der Waals surface area contributed by atoms with Crippen LogP contribution in [0.5, 0.6) is 0 Å². The molecule has 0 spiro atoms. The van der Waals surface area contributed by atoms with Gasteiger partial charge in [0.15, 0.2) is 0 Å². The van der Waals surface area contributed by atoms with Crippen molar-refractivity contribution in [1.82, 2.24) is 30.8 Å². The van der Waals surface area contributed by atoms with E-state index < -0.39 is 23.9 Å².